The number of para-hydroxylation sites is 1. The first-order valence-electron chi connectivity index (χ1n) is 7.18. The second-order valence-corrected chi connectivity index (χ2v) is 13.9. The van der Waals surface area contributed by atoms with E-state index in [0.29, 0.717) is 0 Å². The molecule has 1 heterocycles. The minimum atomic E-state index is -3.61. The van der Waals surface area contributed by atoms with E-state index in [9.17, 15) is 8.42 Å². The molecule has 7 heteroatoms. The Bertz CT molecular complexity index is 747. The Kier molecular flexibility index (Phi) is 4.34. The summed E-state index contributed by atoms with van der Waals surface area (Å²) in [6.45, 7) is 10.2. The molecular formula is C15H23N3O2SSi. The zero-order chi connectivity index (χ0) is 16.6. The lowest BCUT2D eigenvalue weighted by Crippen LogP contribution is -2.54. The summed E-state index contributed by atoms with van der Waals surface area (Å²) in [5, 5.41) is 4.18. The standard InChI is InChI=1S/C15H23N3O2SSi/c1-15(2,3)22(4,5)17-21(19,20)14-11-12-18(16-14)13-9-7-6-8-10-13/h6-12,17H,1-5H3. The molecule has 0 radical (unpaired) electrons. The van der Waals surface area contributed by atoms with Crippen LogP contribution in [0.15, 0.2) is 47.6 Å². The molecule has 0 amide bonds. The summed E-state index contributed by atoms with van der Waals surface area (Å²) in [4.78, 5) is 0. The minimum Gasteiger partial charge on any atom is -0.240 e. The molecule has 0 aliphatic heterocycles. The number of aromatic nitrogens is 2. The first kappa shape index (κ1) is 16.9. The van der Waals surface area contributed by atoms with Gasteiger partial charge in [0.15, 0.2) is 5.03 Å². The highest BCUT2D eigenvalue weighted by molar-refractivity contribution is 7.90. The summed E-state index contributed by atoms with van der Waals surface area (Å²) >= 11 is 0. The maximum absolute atomic E-state index is 12.6. The molecule has 1 N–H and O–H groups in total. The average Bonchev–Trinajstić information content (AvgIpc) is 2.87. The molecule has 1 aromatic heterocycles. The Labute approximate surface area is 133 Å². The third kappa shape index (κ3) is 3.48. The molecule has 0 bridgehead atoms. The zero-order valence-electron chi connectivity index (χ0n) is 13.7. The van der Waals surface area contributed by atoms with E-state index in [1.165, 1.54) is 6.07 Å². The number of nitrogens with one attached hydrogen (secondary N) is 1. The van der Waals surface area contributed by atoms with Gasteiger partial charge in [-0.15, -0.1) is 0 Å². The SMILES string of the molecule is CC(C)(C)[Si](C)(C)NS(=O)(=O)c1ccn(-c2ccccc2)n1. The van der Waals surface area contributed by atoms with Crippen molar-refractivity contribution in [3.8, 4) is 5.69 Å². The van der Waals surface area contributed by atoms with Crippen molar-refractivity contribution < 1.29 is 8.42 Å². The van der Waals surface area contributed by atoms with Gasteiger partial charge in [0, 0.05) is 6.20 Å². The summed E-state index contributed by atoms with van der Waals surface area (Å²) in [6, 6.07) is 11.0. The Hall–Kier alpha value is -1.44. The van der Waals surface area contributed by atoms with Crippen LogP contribution in [0.25, 0.3) is 5.69 Å². The predicted octanol–water partition coefficient (Wildman–Crippen LogP) is 3.16. The quantitative estimate of drug-likeness (QED) is 0.872. The van der Waals surface area contributed by atoms with Crippen LogP contribution in [0.3, 0.4) is 0 Å². The molecule has 0 spiro atoms. The molecule has 0 saturated heterocycles. The van der Waals surface area contributed by atoms with Gasteiger partial charge in [-0.2, -0.15) is 5.10 Å². The van der Waals surface area contributed by atoms with E-state index in [2.05, 4.69) is 30.3 Å². The molecule has 0 unspecified atom stereocenters. The fraction of sp³-hybridized carbons (Fsp3) is 0.400. The van der Waals surface area contributed by atoms with Gasteiger partial charge in [-0.25, -0.2) is 17.5 Å². The Morgan fingerprint density at radius 3 is 2.23 bits per heavy atom. The fourth-order valence-electron chi connectivity index (χ4n) is 1.72. The fourth-order valence-corrected chi connectivity index (χ4v) is 6.48. The summed E-state index contributed by atoms with van der Waals surface area (Å²) in [5.74, 6) is 0. The van der Waals surface area contributed by atoms with Crippen molar-refractivity contribution >= 4 is 18.3 Å². The molecule has 5 nitrogen and oxygen atoms in total. The van der Waals surface area contributed by atoms with E-state index < -0.39 is 18.3 Å². The van der Waals surface area contributed by atoms with E-state index in [4.69, 9.17) is 0 Å². The minimum absolute atomic E-state index is 0.0566. The van der Waals surface area contributed by atoms with Crippen LogP contribution in [0.5, 0.6) is 0 Å². The normalized spacial score (nSPS) is 13.3. The lowest BCUT2D eigenvalue weighted by Gasteiger charge is -2.36. The van der Waals surface area contributed by atoms with Gasteiger partial charge in [0.2, 0.25) is 0 Å². The van der Waals surface area contributed by atoms with E-state index in [-0.39, 0.29) is 10.1 Å². The van der Waals surface area contributed by atoms with E-state index >= 15 is 0 Å². The average molecular weight is 338 g/mol. The van der Waals surface area contributed by atoms with E-state index in [1.807, 2.05) is 43.4 Å². The summed E-state index contributed by atoms with van der Waals surface area (Å²) < 4.78 is 29.6. The summed E-state index contributed by atoms with van der Waals surface area (Å²) in [7, 11) is -5.79. The second-order valence-electron chi connectivity index (χ2n) is 6.91. The van der Waals surface area contributed by atoms with Crippen molar-refractivity contribution in [2.24, 2.45) is 0 Å². The highest BCUT2D eigenvalue weighted by atomic mass is 32.2. The van der Waals surface area contributed by atoms with Crippen LogP contribution in [0.4, 0.5) is 0 Å². The molecule has 120 valence electrons. The van der Waals surface area contributed by atoms with Gasteiger partial charge in [-0.1, -0.05) is 52.1 Å². The van der Waals surface area contributed by atoms with Gasteiger partial charge >= 0.3 is 0 Å². The van der Waals surface area contributed by atoms with Gasteiger partial charge in [0.25, 0.3) is 10.0 Å². The zero-order valence-corrected chi connectivity index (χ0v) is 15.5. The molecule has 0 aliphatic carbocycles. The lowest BCUT2D eigenvalue weighted by molar-refractivity contribution is 0.583. The molecule has 2 rings (SSSR count). The maximum atomic E-state index is 12.6. The van der Waals surface area contributed by atoms with E-state index in [0.717, 1.165) is 5.69 Å². The molecule has 22 heavy (non-hydrogen) atoms. The lowest BCUT2D eigenvalue weighted by atomic mass is 10.2. The monoisotopic (exact) mass is 337 g/mol. The van der Waals surface area contributed by atoms with Crippen molar-refractivity contribution in [2.45, 2.75) is 43.9 Å². The van der Waals surface area contributed by atoms with Crippen LogP contribution in [-0.4, -0.2) is 26.4 Å². The van der Waals surface area contributed by atoms with Crippen LogP contribution in [-0.2, 0) is 10.0 Å². The molecular weight excluding hydrogens is 314 g/mol. The Morgan fingerprint density at radius 2 is 1.68 bits per heavy atom. The van der Waals surface area contributed by atoms with Crippen molar-refractivity contribution in [1.29, 1.82) is 0 Å². The molecule has 1 aromatic carbocycles. The van der Waals surface area contributed by atoms with Gasteiger partial charge in [-0.3, -0.25) is 0 Å². The van der Waals surface area contributed by atoms with Crippen LogP contribution < -0.4 is 4.39 Å². The van der Waals surface area contributed by atoms with E-state index in [1.54, 1.807) is 10.9 Å². The Balaban J connectivity index is 2.31. The number of rotatable bonds is 4. The smallest absolute Gasteiger partial charge is 0.240 e. The van der Waals surface area contributed by atoms with Crippen LogP contribution in [0.1, 0.15) is 20.8 Å². The first-order chi connectivity index (χ1) is 10.0. The molecule has 0 aliphatic rings. The highest BCUT2D eigenvalue weighted by Gasteiger charge is 2.40. The molecule has 0 atom stereocenters. The summed E-state index contributed by atoms with van der Waals surface area (Å²) in [5.41, 5.74) is 0.830. The van der Waals surface area contributed by atoms with Gasteiger partial charge in [-0.05, 0) is 23.2 Å². The van der Waals surface area contributed by atoms with Gasteiger partial charge < -0.3 is 0 Å². The topological polar surface area (TPSA) is 64.0 Å². The molecule has 0 saturated carbocycles. The predicted molar refractivity (Wildman–Crippen MR) is 91.1 cm³/mol. The van der Waals surface area contributed by atoms with Crippen molar-refractivity contribution in [2.75, 3.05) is 0 Å². The Morgan fingerprint density at radius 1 is 1.09 bits per heavy atom. The summed E-state index contributed by atoms with van der Waals surface area (Å²) in [6.07, 6.45) is 1.66. The third-order valence-electron chi connectivity index (χ3n) is 4.13. The number of hydrogen-bond acceptors (Lipinski definition) is 3. The van der Waals surface area contributed by atoms with Crippen LogP contribution >= 0.6 is 0 Å². The highest BCUT2D eigenvalue weighted by Crippen LogP contribution is 2.34. The number of hydrogen-bond donors (Lipinski definition) is 1. The number of benzene rings is 1. The van der Waals surface area contributed by atoms with Gasteiger partial charge in [0.1, 0.15) is 8.24 Å². The van der Waals surface area contributed by atoms with Crippen LogP contribution in [0.2, 0.25) is 18.1 Å². The van der Waals surface area contributed by atoms with Gasteiger partial charge in [0.05, 0.1) is 5.69 Å². The van der Waals surface area contributed by atoms with Crippen molar-refractivity contribution in [3.05, 3.63) is 42.6 Å². The largest absolute Gasteiger partial charge is 0.253 e. The molecule has 0 fully saturated rings. The number of sulfonamides is 1. The van der Waals surface area contributed by atoms with Crippen LogP contribution in [0, 0.1) is 0 Å². The number of nitrogens with zero attached hydrogens (tertiary/aromatic N) is 2. The maximum Gasteiger partial charge on any atom is 0.253 e. The molecule has 2 aromatic rings. The van der Waals surface area contributed by atoms with Crippen molar-refractivity contribution in [3.63, 3.8) is 0 Å². The van der Waals surface area contributed by atoms with Crippen molar-refractivity contribution in [1.82, 2.24) is 14.2 Å². The second kappa shape index (κ2) is 5.64. The first-order valence-corrected chi connectivity index (χ1v) is 11.7. The third-order valence-corrected chi connectivity index (χ3v) is 11.8.